The number of hydrogen-bond donors (Lipinski definition) is 3. The Kier molecular flexibility index (Phi) is 2.90. The second-order valence-electron chi connectivity index (χ2n) is 1.13. The second kappa shape index (κ2) is 3.23. The van der Waals surface area contributed by atoms with Gasteiger partial charge in [-0.2, -0.15) is 5.17 Å². The Morgan fingerprint density at radius 2 is 2.38 bits per heavy atom. The fraction of sp³-hybridized carbons (Fsp3) is 0.667. The van der Waals surface area contributed by atoms with E-state index >= 15 is 0 Å². The lowest BCUT2D eigenvalue weighted by atomic mass is 10.9. The molecule has 0 atom stereocenters. The van der Waals surface area contributed by atoms with Crippen LogP contribution in [0.5, 0.6) is 0 Å². The van der Waals surface area contributed by atoms with Crippen molar-refractivity contribution in [3.8, 4) is 0 Å². The van der Waals surface area contributed by atoms with E-state index in [1.165, 1.54) is 0 Å². The van der Waals surface area contributed by atoms with E-state index in [1.54, 1.807) is 6.92 Å². The van der Waals surface area contributed by atoms with Crippen LogP contribution in [0.25, 0.3) is 0 Å². The van der Waals surface area contributed by atoms with E-state index in [0.717, 1.165) is 0 Å². The zero-order chi connectivity index (χ0) is 6.57. The Labute approximate surface area is 47.6 Å². The molecule has 0 fully saturated rings. The Balaban J connectivity index is 3.32. The molecule has 5 N–H and O–H groups in total. The van der Waals surface area contributed by atoms with Gasteiger partial charge in [-0.15, -0.1) is 0 Å². The summed E-state index contributed by atoms with van der Waals surface area (Å²) in [6.07, 6.45) is 0. The highest BCUT2D eigenvalue weighted by Crippen LogP contribution is 1.74. The van der Waals surface area contributed by atoms with Crippen LogP contribution in [0.2, 0.25) is 0 Å². The zero-order valence-corrected chi connectivity index (χ0v) is 4.72. The molecule has 48 valence electrons. The smallest absolute Gasteiger partial charge is 0.228 e. The quantitative estimate of drug-likeness (QED) is 0.188. The van der Waals surface area contributed by atoms with Gasteiger partial charge in [-0.1, -0.05) is 0 Å². The Hall–Kier alpha value is -0.810. The molecule has 0 aliphatic carbocycles. The summed E-state index contributed by atoms with van der Waals surface area (Å²) in [7, 11) is 0. The van der Waals surface area contributed by atoms with Crippen molar-refractivity contribution in [3.63, 3.8) is 0 Å². The predicted octanol–water partition coefficient (Wildman–Crippen LogP) is -0.993. The SMILES string of the molecule is CCON(N)C(=N)N. The topological polar surface area (TPSA) is 88.4 Å². The van der Waals surface area contributed by atoms with Crippen molar-refractivity contribution in [2.45, 2.75) is 6.92 Å². The van der Waals surface area contributed by atoms with Gasteiger partial charge in [-0.25, -0.2) is 5.84 Å². The molecule has 5 heteroatoms. The van der Waals surface area contributed by atoms with E-state index < -0.39 is 0 Å². The molecule has 0 aromatic carbocycles. The summed E-state index contributed by atoms with van der Waals surface area (Å²) < 4.78 is 0. The molecule has 0 spiro atoms. The molecule has 0 aromatic heterocycles. The lowest BCUT2D eigenvalue weighted by Gasteiger charge is -2.12. The van der Waals surface area contributed by atoms with Gasteiger partial charge >= 0.3 is 0 Å². The standard InChI is InChI=1S/C3H10N4O/c1-2-8-7(6)3(4)5/h2,6H2,1H3,(H3,4,5). The maximum Gasteiger partial charge on any atom is 0.228 e. The van der Waals surface area contributed by atoms with Crippen molar-refractivity contribution in [3.05, 3.63) is 0 Å². The van der Waals surface area contributed by atoms with Crippen LogP contribution in [0, 0.1) is 5.41 Å². The zero-order valence-electron chi connectivity index (χ0n) is 4.72. The second-order valence-corrected chi connectivity index (χ2v) is 1.13. The van der Waals surface area contributed by atoms with Crippen molar-refractivity contribution in [2.24, 2.45) is 11.6 Å². The predicted molar refractivity (Wildman–Crippen MR) is 29.6 cm³/mol. The first kappa shape index (κ1) is 7.19. The van der Waals surface area contributed by atoms with Gasteiger partial charge < -0.3 is 5.73 Å². The van der Waals surface area contributed by atoms with Crippen LogP contribution in [0.1, 0.15) is 6.92 Å². The average Bonchev–Trinajstić information content (AvgIpc) is 1.67. The number of nitrogens with one attached hydrogen (secondary N) is 1. The number of hydrazine groups is 1. The molecule has 0 saturated heterocycles. The van der Waals surface area contributed by atoms with Crippen LogP contribution < -0.4 is 11.6 Å². The monoisotopic (exact) mass is 118 g/mol. The first-order valence-electron chi connectivity index (χ1n) is 2.20. The molecular formula is C3H10N4O. The van der Waals surface area contributed by atoms with Gasteiger partial charge in [0.1, 0.15) is 0 Å². The summed E-state index contributed by atoms with van der Waals surface area (Å²) in [5, 5.41) is 7.37. The summed E-state index contributed by atoms with van der Waals surface area (Å²) in [4.78, 5) is 4.56. The van der Waals surface area contributed by atoms with Crippen LogP contribution in [0.4, 0.5) is 0 Å². The molecule has 0 aliphatic heterocycles. The average molecular weight is 118 g/mol. The lowest BCUT2D eigenvalue weighted by Crippen LogP contribution is -2.41. The van der Waals surface area contributed by atoms with E-state index in [4.69, 9.17) is 17.0 Å². The summed E-state index contributed by atoms with van der Waals surface area (Å²) in [5.74, 6) is 4.69. The normalized spacial score (nSPS) is 8.75. The fourth-order valence-electron chi connectivity index (χ4n) is 0.209. The Bertz CT molecular complexity index is 83.4. The van der Waals surface area contributed by atoms with Crippen molar-refractivity contribution in [2.75, 3.05) is 6.61 Å². The molecule has 0 aromatic rings. The number of hydrogen-bond acceptors (Lipinski definition) is 3. The van der Waals surface area contributed by atoms with E-state index in [-0.39, 0.29) is 5.96 Å². The van der Waals surface area contributed by atoms with Crippen molar-refractivity contribution in [1.29, 1.82) is 5.41 Å². The van der Waals surface area contributed by atoms with Crippen LogP contribution >= 0.6 is 0 Å². The molecular weight excluding hydrogens is 108 g/mol. The summed E-state index contributed by atoms with van der Waals surface area (Å²) >= 11 is 0. The minimum Gasteiger partial charge on any atom is -0.367 e. The van der Waals surface area contributed by atoms with Crippen LogP contribution in [-0.4, -0.2) is 17.7 Å². The highest BCUT2D eigenvalue weighted by Gasteiger charge is 1.95. The van der Waals surface area contributed by atoms with Crippen LogP contribution in [-0.2, 0) is 4.84 Å². The van der Waals surface area contributed by atoms with Gasteiger partial charge in [-0.3, -0.25) is 10.2 Å². The first-order valence-corrected chi connectivity index (χ1v) is 2.20. The molecule has 0 amide bonds. The number of nitrogens with two attached hydrogens (primary N) is 2. The van der Waals surface area contributed by atoms with E-state index in [9.17, 15) is 0 Å². The summed E-state index contributed by atoms with van der Waals surface area (Å²) in [5.41, 5.74) is 4.88. The fourth-order valence-corrected chi connectivity index (χ4v) is 0.209. The molecule has 0 aliphatic rings. The number of guanidine groups is 1. The third kappa shape index (κ3) is 2.38. The summed E-state index contributed by atoms with van der Waals surface area (Å²) in [6.45, 7) is 2.17. The molecule has 0 radical (unpaired) electrons. The molecule has 0 unspecified atom stereocenters. The molecule has 0 rings (SSSR count). The minimum absolute atomic E-state index is 0.299. The Morgan fingerprint density at radius 1 is 1.88 bits per heavy atom. The minimum atomic E-state index is -0.299. The van der Waals surface area contributed by atoms with Gasteiger partial charge in [0.15, 0.2) is 0 Å². The number of hydroxylamine groups is 1. The van der Waals surface area contributed by atoms with Gasteiger partial charge in [0.25, 0.3) is 0 Å². The maximum atomic E-state index is 6.66. The first-order chi connectivity index (χ1) is 3.68. The van der Waals surface area contributed by atoms with Gasteiger partial charge in [0.2, 0.25) is 5.96 Å². The summed E-state index contributed by atoms with van der Waals surface area (Å²) in [6, 6.07) is 0. The lowest BCUT2D eigenvalue weighted by molar-refractivity contribution is -0.0971. The number of nitrogens with zero attached hydrogens (tertiary/aromatic N) is 1. The van der Waals surface area contributed by atoms with E-state index in [1.807, 2.05) is 0 Å². The van der Waals surface area contributed by atoms with Crippen LogP contribution in [0.3, 0.4) is 0 Å². The Morgan fingerprint density at radius 3 is 2.50 bits per heavy atom. The molecule has 8 heavy (non-hydrogen) atoms. The third-order valence-corrected chi connectivity index (χ3v) is 0.506. The maximum absolute atomic E-state index is 6.66. The van der Waals surface area contributed by atoms with Crippen molar-refractivity contribution < 1.29 is 4.84 Å². The van der Waals surface area contributed by atoms with Gasteiger partial charge in [0, 0.05) is 0 Å². The molecule has 0 bridgehead atoms. The van der Waals surface area contributed by atoms with Crippen molar-refractivity contribution in [1.82, 2.24) is 5.17 Å². The van der Waals surface area contributed by atoms with Crippen LogP contribution in [0.15, 0.2) is 0 Å². The highest BCUT2D eigenvalue weighted by atomic mass is 16.7. The van der Waals surface area contributed by atoms with E-state index in [2.05, 4.69) is 4.84 Å². The largest absolute Gasteiger partial charge is 0.367 e. The molecule has 0 heterocycles. The molecule has 5 nitrogen and oxygen atoms in total. The van der Waals surface area contributed by atoms with Crippen molar-refractivity contribution >= 4 is 5.96 Å². The third-order valence-electron chi connectivity index (χ3n) is 0.506. The molecule has 0 saturated carbocycles. The van der Waals surface area contributed by atoms with Gasteiger partial charge in [0.05, 0.1) is 6.61 Å². The highest BCUT2D eigenvalue weighted by molar-refractivity contribution is 5.72. The number of rotatable bonds is 2. The van der Waals surface area contributed by atoms with Gasteiger partial charge in [-0.05, 0) is 6.92 Å². The van der Waals surface area contributed by atoms with E-state index in [0.29, 0.717) is 11.8 Å².